The number of hydrogen-bond donors (Lipinski definition) is 1. The molecule has 1 aliphatic heterocycles. The Balaban J connectivity index is 1.53. The summed E-state index contributed by atoms with van der Waals surface area (Å²) in [4.78, 5) is 14.3. The minimum Gasteiger partial charge on any atom is -0.508 e. The molecule has 0 aliphatic carbocycles. The van der Waals surface area contributed by atoms with Gasteiger partial charge in [-0.15, -0.1) is 0 Å². The SMILES string of the molecule is O=c1cc(CN2CCCC(c3ccccc3)CC2)c2ccc(O)cc2o1. The molecule has 1 atom stereocenters. The zero-order valence-corrected chi connectivity index (χ0v) is 14.7. The Morgan fingerprint density at radius 1 is 1.04 bits per heavy atom. The second kappa shape index (κ2) is 7.34. The quantitative estimate of drug-likeness (QED) is 0.718. The van der Waals surface area contributed by atoms with E-state index in [1.165, 1.54) is 18.1 Å². The van der Waals surface area contributed by atoms with Crippen LogP contribution in [0, 0.1) is 0 Å². The van der Waals surface area contributed by atoms with Crippen molar-refractivity contribution in [2.75, 3.05) is 13.1 Å². The number of phenols is 1. The van der Waals surface area contributed by atoms with E-state index in [-0.39, 0.29) is 11.4 Å². The zero-order chi connectivity index (χ0) is 17.9. The van der Waals surface area contributed by atoms with Gasteiger partial charge in [0.25, 0.3) is 0 Å². The van der Waals surface area contributed by atoms with Crippen molar-refractivity contribution in [1.82, 2.24) is 4.90 Å². The summed E-state index contributed by atoms with van der Waals surface area (Å²) in [7, 11) is 0. The normalized spacial score (nSPS) is 18.7. The van der Waals surface area contributed by atoms with Crippen LogP contribution in [0.25, 0.3) is 11.0 Å². The van der Waals surface area contributed by atoms with E-state index in [2.05, 4.69) is 35.2 Å². The highest BCUT2D eigenvalue weighted by molar-refractivity contribution is 5.81. The molecule has 2 heterocycles. The maximum atomic E-state index is 11.9. The third-order valence-electron chi connectivity index (χ3n) is 5.30. The largest absolute Gasteiger partial charge is 0.508 e. The second-order valence-corrected chi connectivity index (χ2v) is 7.09. The van der Waals surface area contributed by atoms with Gasteiger partial charge in [0.05, 0.1) is 0 Å². The predicted molar refractivity (Wildman–Crippen MR) is 102 cm³/mol. The van der Waals surface area contributed by atoms with E-state index >= 15 is 0 Å². The summed E-state index contributed by atoms with van der Waals surface area (Å²) in [5.74, 6) is 0.717. The van der Waals surface area contributed by atoms with Gasteiger partial charge in [-0.1, -0.05) is 30.3 Å². The van der Waals surface area contributed by atoms with Crippen LogP contribution in [0.3, 0.4) is 0 Å². The van der Waals surface area contributed by atoms with Crippen LogP contribution >= 0.6 is 0 Å². The van der Waals surface area contributed by atoms with Crippen molar-refractivity contribution >= 4 is 11.0 Å². The Morgan fingerprint density at radius 3 is 2.73 bits per heavy atom. The molecule has 1 aromatic heterocycles. The number of aromatic hydroxyl groups is 1. The van der Waals surface area contributed by atoms with Crippen LogP contribution < -0.4 is 5.63 Å². The first-order chi connectivity index (χ1) is 12.7. The van der Waals surface area contributed by atoms with Gasteiger partial charge in [-0.05, 0) is 61.5 Å². The van der Waals surface area contributed by atoms with E-state index in [1.807, 2.05) is 6.07 Å². The molecule has 26 heavy (non-hydrogen) atoms. The van der Waals surface area contributed by atoms with Gasteiger partial charge in [-0.3, -0.25) is 4.90 Å². The molecule has 134 valence electrons. The van der Waals surface area contributed by atoms with Crippen molar-refractivity contribution < 1.29 is 9.52 Å². The molecule has 4 rings (SSSR count). The number of fused-ring (bicyclic) bond motifs is 1. The summed E-state index contributed by atoms with van der Waals surface area (Å²) >= 11 is 0. The van der Waals surface area contributed by atoms with Crippen molar-refractivity contribution in [1.29, 1.82) is 0 Å². The van der Waals surface area contributed by atoms with E-state index in [1.54, 1.807) is 12.1 Å². The molecule has 4 nitrogen and oxygen atoms in total. The standard InChI is InChI=1S/C22H23NO3/c24-19-8-9-20-18(13-22(25)26-21(20)14-19)15-23-11-4-7-17(10-12-23)16-5-2-1-3-6-16/h1-3,5-6,8-9,13-14,17,24H,4,7,10-12,15H2. The first kappa shape index (κ1) is 16.9. The molecule has 1 unspecified atom stereocenters. The fraction of sp³-hybridized carbons (Fsp3) is 0.318. The minimum atomic E-state index is -0.366. The third kappa shape index (κ3) is 3.65. The lowest BCUT2D eigenvalue weighted by molar-refractivity contribution is 0.276. The summed E-state index contributed by atoms with van der Waals surface area (Å²) in [6.07, 6.45) is 3.48. The molecule has 0 radical (unpaired) electrons. The van der Waals surface area contributed by atoms with Crippen LogP contribution in [-0.4, -0.2) is 23.1 Å². The average Bonchev–Trinajstić information content (AvgIpc) is 2.87. The van der Waals surface area contributed by atoms with Crippen LogP contribution in [0.5, 0.6) is 5.75 Å². The molecule has 0 bridgehead atoms. The van der Waals surface area contributed by atoms with E-state index in [9.17, 15) is 9.90 Å². The zero-order valence-electron chi connectivity index (χ0n) is 14.7. The Hall–Kier alpha value is -2.59. The van der Waals surface area contributed by atoms with E-state index in [0.717, 1.165) is 43.4 Å². The predicted octanol–water partition coefficient (Wildman–Crippen LogP) is 4.27. The van der Waals surface area contributed by atoms with E-state index in [0.29, 0.717) is 11.5 Å². The van der Waals surface area contributed by atoms with Crippen molar-refractivity contribution in [3.63, 3.8) is 0 Å². The number of phenolic OH excluding ortho intramolecular Hbond substituents is 1. The molecule has 1 N–H and O–H groups in total. The van der Waals surface area contributed by atoms with Gasteiger partial charge in [0.1, 0.15) is 11.3 Å². The molecular formula is C22H23NO3. The summed E-state index contributed by atoms with van der Waals surface area (Å²) in [6.45, 7) is 2.77. The van der Waals surface area contributed by atoms with Crippen LogP contribution in [0.2, 0.25) is 0 Å². The van der Waals surface area contributed by atoms with Crippen molar-refractivity contribution in [2.24, 2.45) is 0 Å². The summed E-state index contributed by atoms with van der Waals surface area (Å²) < 4.78 is 5.24. The Bertz CT molecular complexity index is 949. The van der Waals surface area contributed by atoms with Gasteiger partial charge in [-0.2, -0.15) is 0 Å². The first-order valence-electron chi connectivity index (χ1n) is 9.22. The number of nitrogens with zero attached hydrogens (tertiary/aromatic N) is 1. The lowest BCUT2D eigenvalue weighted by Crippen LogP contribution is -2.25. The van der Waals surface area contributed by atoms with Crippen LogP contribution in [-0.2, 0) is 6.54 Å². The fourth-order valence-electron chi connectivity index (χ4n) is 3.96. The molecule has 1 fully saturated rings. The highest BCUT2D eigenvalue weighted by Gasteiger charge is 2.19. The molecule has 1 aliphatic rings. The third-order valence-corrected chi connectivity index (χ3v) is 5.30. The average molecular weight is 349 g/mol. The number of benzene rings is 2. The van der Waals surface area contributed by atoms with Crippen molar-refractivity contribution in [3.05, 3.63) is 76.1 Å². The highest BCUT2D eigenvalue weighted by atomic mass is 16.4. The number of likely N-dealkylation sites (tertiary alicyclic amines) is 1. The molecule has 4 heteroatoms. The number of rotatable bonds is 3. The lowest BCUT2D eigenvalue weighted by Gasteiger charge is -2.21. The summed E-state index contributed by atoms with van der Waals surface area (Å²) in [5.41, 5.74) is 2.48. The Morgan fingerprint density at radius 2 is 1.88 bits per heavy atom. The molecule has 1 saturated heterocycles. The molecule has 0 saturated carbocycles. The van der Waals surface area contributed by atoms with Gasteiger partial charge in [0, 0.05) is 24.1 Å². The topological polar surface area (TPSA) is 53.7 Å². The smallest absolute Gasteiger partial charge is 0.336 e. The molecule has 2 aromatic carbocycles. The minimum absolute atomic E-state index is 0.110. The van der Waals surface area contributed by atoms with Crippen LogP contribution in [0.15, 0.2) is 63.8 Å². The van der Waals surface area contributed by atoms with Gasteiger partial charge >= 0.3 is 5.63 Å². The summed E-state index contributed by atoms with van der Waals surface area (Å²) in [5, 5.41) is 10.5. The van der Waals surface area contributed by atoms with Crippen LogP contribution in [0.4, 0.5) is 0 Å². The molecule has 3 aromatic rings. The highest BCUT2D eigenvalue weighted by Crippen LogP contribution is 2.29. The fourth-order valence-corrected chi connectivity index (χ4v) is 3.96. The molecule has 0 spiro atoms. The summed E-state index contributed by atoms with van der Waals surface area (Å²) in [6, 6.07) is 17.3. The Labute approximate surface area is 152 Å². The maximum Gasteiger partial charge on any atom is 0.336 e. The molecular weight excluding hydrogens is 326 g/mol. The van der Waals surface area contributed by atoms with Gasteiger partial charge in [-0.25, -0.2) is 4.79 Å². The van der Waals surface area contributed by atoms with E-state index in [4.69, 9.17) is 4.42 Å². The first-order valence-corrected chi connectivity index (χ1v) is 9.22. The van der Waals surface area contributed by atoms with Crippen LogP contribution in [0.1, 0.15) is 36.3 Å². The van der Waals surface area contributed by atoms with Crippen molar-refractivity contribution in [2.45, 2.75) is 31.7 Å². The molecule has 0 amide bonds. The number of hydrogen-bond acceptors (Lipinski definition) is 4. The lowest BCUT2D eigenvalue weighted by atomic mass is 9.92. The van der Waals surface area contributed by atoms with Gasteiger partial charge in [0.15, 0.2) is 0 Å². The van der Waals surface area contributed by atoms with E-state index < -0.39 is 0 Å². The Kier molecular flexibility index (Phi) is 4.76. The van der Waals surface area contributed by atoms with Gasteiger partial charge in [0.2, 0.25) is 0 Å². The maximum absolute atomic E-state index is 11.9. The second-order valence-electron chi connectivity index (χ2n) is 7.09. The monoisotopic (exact) mass is 349 g/mol. The van der Waals surface area contributed by atoms with Crippen molar-refractivity contribution in [3.8, 4) is 5.75 Å². The van der Waals surface area contributed by atoms with Gasteiger partial charge < -0.3 is 9.52 Å².